The highest BCUT2D eigenvalue weighted by atomic mass is 35.5. The second-order valence-corrected chi connectivity index (χ2v) is 6.49. The summed E-state index contributed by atoms with van der Waals surface area (Å²) in [7, 11) is -2.86. The van der Waals surface area contributed by atoms with Crippen LogP contribution in [0.4, 0.5) is 0 Å². The van der Waals surface area contributed by atoms with Gasteiger partial charge in [-0.15, -0.1) is 0 Å². The first-order chi connectivity index (χ1) is 7.57. The molecule has 1 aromatic rings. The lowest BCUT2D eigenvalue weighted by Crippen LogP contribution is -2.07. The lowest BCUT2D eigenvalue weighted by molar-refractivity contribution is 0.601. The van der Waals surface area contributed by atoms with E-state index < -0.39 is 9.84 Å². The van der Waals surface area contributed by atoms with Crippen molar-refractivity contribution in [3.05, 3.63) is 34.9 Å². The van der Waals surface area contributed by atoms with Gasteiger partial charge in [-0.3, -0.25) is 4.99 Å². The molecule has 1 heterocycles. The number of rotatable bonds is 2. The van der Waals surface area contributed by atoms with Crippen molar-refractivity contribution in [2.75, 3.05) is 11.5 Å². The van der Waals surface area contributed by atoms with Crippen LogP contribution in [-0.4, -0.2) is 32.2 Å². The topological polar surface area (TPSA) is 46.5 Å². The molecule has 0 aromatic heterocycles. The third-order valence-electron chi connectivity index (χ3n) is 2.54. The number of aliphatic imine (C=N–C) groups is 1. The van der Waals surface area contributed by atoms with E-state index >= 15 is 0 Å². The van der Waals surface area contributed by atoms with Crippen molar-refractivity contribution in [3.8, 4) is 0 Å². The van der Waals surface area contributed by atoms with Crippen molar-refractivity contribution in [1.82, 2.24) is 0 Å². The van der Waals surface area contributed by atoms with Gasteiger partial charge in [0.1, 0.15) is 0 Å². The Balaban J connectivity index is 2.09. The van der Waals surface area contributed by atoms with Gasteiger partial charge in [0, 0.05) is 16.8 Å². The standard InChI is InChI=1S/C11H12ClNO2S/c12-11-4-2-1-3-9(11)7-13-10-5-6-16(14,15)8-10/h1-4,7,10H,5-6,8H2. The number of hydrogen-bond donors (Lipinski definition) is 0. The highest BCUT2D eigenvalue weighted by Gasteiger charge is 2.26. The molecular formula is C11H12ClNO2S. The van der Waals surface area contributed by atoms with Gasteiger partial charge < -0.3 is 0 Å². The van der Waals surface area contributed by atoms with Crippen molar-refractivity contribution in [1.29, 1.82) is 0 Å². The van der Waals surface area contributed by atoms with E-state index in [4.69, 9.17) is 11.6 Å². The van der Waals surface area contributed by atoms with Gasteiger partial charge in [-0.25, -0.2) is 8.42 Å². The molecule has 0 bridgehead atoms. The van der Waals surface area contributed by atoms with E-state index in [1.165, 1.54) is 0 Å². The van der Waals surface area contributed by atoms with Crippen LogP contribution >= 0.6 is 11.6 Å². The molecule has 1 aromatic carbocycles. The zero-order valence-electron chi connectivity index (χ0n) is 8.64. The molecule has 86 valence electrons. The van der Waals surface area contributed by atoms with E-state index in [9.17, 15) is 8.42 Å². The molecule has 2 rings (SSSR count). The maximum Gasteiger partial charge on any atom is 0.152 e. The predicted molar refractivity (Wildman–Crippen MR) is 66.1 cm³/mol. The quantitative estimate of drug-likeness (QED) is 0.761. The SMILES string of the molecule is O=S1(=O)CCC(N=Cc2ccccc2Cl)C1. The minimum Gasteiger partial charge on any atom is -0.288 e. The average Bonchev–Trinajstić information content (AvgIpc) is 2.57. The van der Waals surface area contributed by atoms with Gasteiger partial charge in [0.05, 0.1) is 17.5 Å². The monoisotopic (exact) mass is 257 g/mol. The Hall–Kier alpha value is -0.870. The molecule has 16 heavy (non-hydrogen) atoms. The normalized spacial score (nSPS) is 23.9. The molecule has 3 nitrogen and oxygen atoms in total. The summed E-state index contributed by atoms with van der Waals surface area (Å²) < 4.78 is 22.4. The van der Waals surface area contributed by atoms with Gasteiger partial charge in [0.25, 0.3) is 0 Å². The Morgan fingerprint density at radius 2 is 2.12 bits per heavy atom. The van der Waals surface area contributed by atoms with E-state index in [-0.39, 0.29) is 17.5 Å². The van der Waals surface area contributed by atoms with Crippen molar-refractivity contribution in [3.63, 3.8) is 0 Å². The molecule has 1 unspecified atom stereocenters. The minimum atomic E-state index is -2.86. The summed E-state index contributed by atoms with van der Waals surface area (Å²) in [4.78, 5) is 4.26. The van der Waals surface area contributed by atoms with Gasteiger partial charge in [0.15, 0.2) is 9.84 Å². The van der Waals surface area contributed by atoms with Crippen LogP contribution in [0.1, 0.15) is 12.0 Å². The number of hydrogen-bond acceptors (Lipinski definition) is 3. The molecule has 1 aliphatic rings. The first-order valence-corrected chi connectivity index (χ1v) is 7.25. The first kappa shape index (κ1) is 11.6. The van der Waals surface area contributed by atoms with Crippen molar-refractivity contribution in [2.24, 2.45) is 4.99 Å². The summed E-state index contributed by atoms with van der Waals surface area (Å²) >= 11 is 5.96. The third kappa shape index (κ3) is 2.83. The van der Waals surface area contributed by atoms with E-state index in [1.807, 2.05) is 18.2 Å². The predicted octanol–water partition coefficient (Wildman–Crippen LogP) is 1.95. The molecular weight excluding hydrogens is 246 g/mol. The highest BCUT2D eigenvalue weighted by molar-refractivity contribution is 7.91. The van der Waals surface area contributed by atoms with Crippen LogP contribution < -0.4 is 0 Å². The maximum atomic E-state index is 11.2. The Labute approximate surface area is 100 Å². The van der Waals surface area contributed by atoms with E-state index in [0.29, 0.717) is 11.4 Å². The van der Waals surface area contributed by atoms with Crippen LogP contribution in [0.25, 0.3) is 0 Å². The maximum absolute atomic E-state index is 11.2. The van der Waals surface area contributed by atoms with Gasteiger partial charge >= 0.3 is 0 Å². The van der Waals surface area contributed by atoms with Crippen LogP contribution in [0.2, 0.25) is 5.02 Å². The first-order valence-electron chi connectivity index (χ1n) is 5.05. The van der Waals surface area contributed by atoms with Crippen molar-refractivity contribution >= 4 is 27.7 Å². The van der Waals surface area contributed by atoms with E-state index in [2.05, 4.69) is 4.99 Å². The zero-order chi connectivity index (χ0) is 11.6. The lowest BCUT2D eigenvalue weighted by atomic mass is 10.2. The summed E-state index contributed by atoms with van der Waals surface area (Å²) in [5.74, 6) is 0.408. The summed E-state index contributed by atoms with van der Waals surface area (Å²) in [6.45, 7) is 0. The molecule has 0 amide bonds. The van der Waals surface area contributed by atoms with Crippen LogP contribution in [0.3, 0.4) is 0 Å². The Morgan fingerprint density at radius 3 is 2.75 bits per heavy atom. The molecule has 1 saturated heterocycles. The fourth-order valence-corrected chi connectivity index (χ4v) is 3.48. The molecule has 5 heteroatoms. The second-order valence-electron chi connectivity index (χ2n) is 3.86. The summed E-state index contributed by atoms with van der Waals surface area (Å²) in [5.41, 5.74) is 0.827. The Morgan fingerprint density at radius 1 is 1.38 bits per heavy atom. The largest absolute Gasteiger partial charge is 0.288 e. The molecule has 1 aliphatic heterocycles. The molecule has 0 saturated carbocycles. The van der Waals surface area contributed by atoms with Gasteiger partial charge in [-0.2, -0.15) is 0 Å². The third-order valence-corrected chi connectivity index (χ3v) is 4.63. The Kier molecular flexibility index (Phi) is 3.30. The van der Waals surface area contributed by atoms with Crippen LogP contribution in [0.5, 0.6) is 0 Å². The lowest BCUT2D eigenvalue weighted by Gasteiger charge is -2.00. The number of nitrogens with zero attached hydrogens (tertiary/aromatic N) is 1. The van der Waals surface area contributed by atoms with Crippen molar-refractivity contribution in [2.45, 2.75) is 12.5 Å². The molecule has 1 atom stereocenters. The zero-order valence-corrected chi connectivity index (χ0v) is 10.2. The fourth-order valence-electron chi connectivity index (χ4n) is 1.66. The molecule has 0 spiro atoms. The fraction of sp³-hybridized carbons (Fsp3) is 0.364. The summed E-state index contributed by atoms with van der Waals surface area (Å²) in [6.07, 6.45) is 2.27. The number of sulfone groups is 1. The number of halogens is 1. The smallest absolute Gasteiger partial charge is 0.152 e. The molecule has 0 N–H and O–H groups in total. The van der Waals surface area contributed by atoms with Crippen LogP contribution in [0.15, 0.2) is 29.3 Å². The number of benzene rings is 1. The van der Waals surface area contributed by atoms with E-state index in [0.717, 1.165) is 5.56 Å². The van der Waals surface area contributed by atoms with Gasteiger partial charge in [-0.05, 0) is 12.5 Å². The van der Waals surface area contributed by atoms with Crippen LogP contribution in [0, 0.1) is 0 Å². The second kappa shape index (κ2) is 4.55. The van der Waals surface area contributed by atoms with Crippen molar-refractivity contribution < 1.29 is 8.42 Å². The minimum absolute atomic E-state index is 0.110. The molecule has 1 fully saturated rings. The van der Waals surface area contributed by atoms with E-state index in [1.54, 1.807) is 12.3 Å². The highest BCUT2D eigenvalue weighted by Crippen LogP contribution is 2.16. The average molecular weight is 258 g/mol. The summed E-state index contributed by atoms with van der Waals surface area (Å²) in [6, 6.07) is 7.25. The van der Waals surface area contributed by atoms with Gasteiger partial charge in [-0.1, -0.05) is 29.8 Å². The molecule has 0 radical (unpaired) electrons. The summed E-state index contributed by atoms with van der Waals surface area (Å²) in [5, 5.41) is 0.632. The molecule has 0 aliphatic carbocycles. The Bertz CT molecular complexity index is 510. The van der Waals surface area contributed by atoms with Gasteiger partial charge in [0.2, 0.25) is 0 Å². The van der Waals surface area contributed by atoms with Crippen LogP contribution in [-0.2, 0) is 9.84 Å².